The number of hydrogen-bond acceptors (Lipinski definition) is 6. The van der Waals surface area contributed by atoms with Gasteiger partial charge in [0, 0.05) is 19.9 Å². The number of aromatic nitrogens is 1. The molecule has 0 bridgehead atoms. The summed E-state index contributed by atoms with van der Waals surface area (Å²) in [5.74, 6) is 4.98. The van der Waals surface area contributed by atoms with Crippen LogP contribution in [-0.2, 0) is 9.47 Å². The Bertz CT molecular complexity index is 373. The molecule has 0 aliphatic heterocycles. The van der Waals surface area contributed by atoms with E-state index < -0.39 is 0 Å². The average molecular weight is 254 g/mol. The van der Waals surface area contributed by atoms with E-state index >= 15 is 0 Å². The summed E-state index contributed by atoms with van der Waals surface area (Å²) < 4.78 is 10.0. The van der Waals surface area contributed by atoms with E-state index in [4.69, 9.17) is 15.3 Å². The molecule has 1 amide bonds. The Kier molecular flexibility index (Phi) is 6.70. The molecule has 0 spiro atoms. The second-order valence-corrected chi connectivity index (χ2v) is 3.44. The Morgan fingerprint density at radius 3 is 3.00 bits per heavy atom. The van der Waals surface area contributed by atoms with Crippen molar-refractivity contribution in [1.29, 1.82) is 0 Å². The third-order valence-electron chi connectivity index (χ3n) is 2.12. The van der Waals surface area contributed by atoms with Crippen molar-refractivity contribution >= 4 is 11.6 Å². The van der Waals surface area contributed by atoms with Gasteiger partial charge in [-0.15, -0.1) is 0 Å². The summed E-state index contributed by atoms with van der Waals surface area (Å²) in [4.78, 5) is 15.6. The molecule has 0 radical (unpaired) electrons. The lowest BCUT2D eigenvalue weighted by Gasteiger charge is -2.06. The minimum atomic E-state index is -0.262. The summed E-state index contributed by atoms with van der Waals surface area (Å²) in [5.41, 5.74) is 3.39. The molecule has 7 heteroatoms. The zero-order valence-electron chi connectivity index (χ0n) is 10.3. The second kappa shape index (κ2) is 8.40. The summed E-state index contributed by atoms with van der Waals surface area (Å²) in [6, 6.07) is 3.24. The number of hydrazine groups is 1. The van der Waals surface area contributed by atoms with Gasteiger partial charge in [0.2, 0.25) is 0 Å². The summed E-state index contributed by atoms with van der Waals surface area (Å²) in [7, 11) is 1.61. The van der Waals surface area contributed by atoms with Crippen LogP contribution >= 0.6 is 0 Å². The van der Waals surface area contributed by atoms with Gasteiger partial charge in [0.25, 0.3) is 5.91 Å². The maximum atomic E-state index is 11.7. The van der Waals surface area contributed by atoms with Crippen molar-refractivity contribution in [1.82, 2.24) is 10.3 Å². The highest BCUT2D eigenvalue weighted by atomic mass is 16.5. The SMILES string of the molecule is COCCOCCNC(=O)c1cc(NN)ccn1. The monoisotopic (exact) mass is 254 g/mol. The topological polar surface area (TPSA) is 98.5 Å². The molecular weight excluding hydrogens is 236 g/mol. The molecule has 0 saturated heterocycles. The van der Waals surface area contributed by atoms with E-state index in [1.807, 2.05) is 0 Å². The normalized spacial score (nSPS) is 10.1. The molecule has 0 aliphatic carbocycles. The highest BCUT2D eigenvalue weighted by Gasteiger charge is 2.06. The van der Waals surface area contributed by atoms with Gasteiger partial charge >= 0.3 is 0 Å². The van der Waals surface area contributed by atoms with Crippen LogP contribution in [0.1, 0.15) is 10.5 Å². The molecule has 1 rings (SSSR count). The predicted octanol–water partition coefficient (Wildman–Crippen LogP) is -0.240. The number of nitrogens with one attached hydrogen (secondary N) is 2. The lowest BCUT2D eigenvalue weighted by molar-refractivity contribution is 0.0692. The number of ether oxygens (including phenoxy) is 2. The second-order valence-electron chi connectivity index (χ2n) is 3.44. The molecule has 0 saturated carbocycles. The first-order chi connectivity index (χ1) is 8.77. The third kappa shape index (κ3) is 5.09. The maximum Gasteiger partial charge on any atom is 0.270 e. The first kappa shape index (κ1) is 14.4. The molecule has 1 heterocycles. The summed E-state index contributed by atoms with van der Waals surface area (Å²) in [6.45, 7) is 1.91. The molecule has 1 aromatic heterocycles. The number of carbonyl (C=O) groups is 1. The van der Waals surface area contributed by atoms with Crippen molar-refractivity contribution in [2.75, 3.05) is 38.9 Å². The van der Waals surface area contributed by atoms with Crippen LogP contribution in [0.5, 0.6) is 0 Å². The molecule has 0 fully saturated rings. The fraction of sp³-hybridized carbons (Fsp3) is 0.455. The van der Waals surface area contributed by atoms with Crippen LogP contribution < -0.4 is 16.6 Å². The van der Waals surface area contributed by atoms with E-state index in [1.165, 1.54) is 6.20 Å². The number of hydrogen-bond donors (Lipinski definition) is 3. The van der Waals surface area contributed by atoms with Crippen molar-refractivity contribution in [3.63, 3.8) is 0 Å². The van der Waals surface area contributed by atoms with Crippen molar-refractivity contribution in [3.05, 3.63) is 24.0 Å². The molecule has 0 aliphatic rings. The van der Waals surface area contributed by atoms with E-state index in [-0.39, 0.29) is 5.91 Å². The number of rotatable bonds is 8. The fourth-order valence-electron chi connectivity index (χ4n) is 1.22. The van der Waals surface area contributed by atoms with Crippen LogP contribution in [0.4, 0.5) is 5.69 Å². The van der Waals surface area contributed by atoms with Gasteiger partial charge in [-0.1, -0.05) is 0 Å². The quantitative estimate of drug-likeness (QED) is 0.336. The Morgan fingerprint density at radius 1 is 1.44 bits per heavy atom. The number of carbonyl (C=O) groups excluding carboxylic acids is 1. The molecule has 0 unspecified atom stereocenters. The molecular formula is C11H18N4O3. The van der Waals surface area contributed by atoms with Crippen molar-refractivity contribution in [2.45, 2.75) is 0 Å². The Morgan fingerprint density at radius 2 is 2.28 bits per heavy atom. The van der Waals surface area contributed by atoms with Gasteiger partial charge in [-0.2, -0.15) is 0 Å². The van der Waals surface area contributed by atoms with Crippen LogP contribution in [-0.4, -0.2) is 44.4 Å². The van der Waals surface area contributed by atoms with E-state index in [2.05, 4.69) is 15.7 Å². The van der Waals surface area contributed by atoms with E-state index in [9.17, 15) is 4.79 Å². The molecule has 18 heavy (non-hydrogen) atoms. The number of methoxy groups -OCH3 is 1. The van der Waals surface area contributed by atoms with Crippen molar-refractivity contribution < 1.29 is 14.3 Å². The van der Waals surface area contributed by atoms with Gasteiger partial charge in [-0.25, -0.2) is 0 Å². The predicted molar refractivity (Wildman–Crippen MR) is 67.1 cm³/mol. The van der Waals surface area contributed by atoms with Crippen molar-refractivity contribution in [3.8, 4) is 0 Å². The number of nitrogen functional groups attached to an aromatic ring is 1. The minimum Gasteiger partial charge on any atom is -0.382 e. The van der Waals surface area contributed by atoms with Crippen LogP contribution in [0.15, 0.2) is 18.3 Å². The zero-order valence-corrected chi connectivity index (χ0v) is 10.3. The van der Waals surface area contributed by atoms with Crippen LogP contribution in [0, 0.1) is 0 Å². The Balaban J connectivity index is 2.27. The van der Waals surface area contributed by atoms with Gasteiger partial charge in [-0.3, -0.25) is 15.6 Å². The highest BCUT2D eigenvalue weighted by molar-refractivity contribution is 5.93. The van der Waals surface area contributed by atoms with Crippen LogP contribution in [0.2, 0.25) is 0 Å². The minimum absolute atomic E-state index is 0.262. The average Bonchev–Trinajstić information content (AvgIpc) is 2.42. The zero-order chi connectivity index (χ0) is 13.2. The van der Waals surface area contributed by atoms with E-state index in [0.29, 0.717) is 37.7 Å². The van der Waals surface area contributed by atoms with Gasteiger partial charge in [-0.05, 0) is 12.1 Å². The third-order valence-corrected chi connectivity index (χ3v) is 2.12. The first-order valence-corrected chi connectivity index (χ1v) is 5.55. The lowest BCUT2D eigenvalue weighted by atomic mass is 10.3. The van der Waals surface area contributed by atoms with Gasteiger partial charge in [0.1, 0.15) is 5.69 Å². The van der Waals surface area contributed by atoms with Crippen LogP contribution in [0.25, 0.3) is 0 Å². The summed E-state index contributed by atoms with van der Waals surface area (Å²) in [5, 5.41) is 2.69. The fourth-order valence-corrected chi connectivity index (χ4v) is 1.22. The Hall–Kier alpha value is -1.70. The number of pyridine rings is 1. The van der Waals surface area contributed by atoms with E-state index in [0.717, 1.165) is 0 Å². The molecule has 1 aromatic rings. The number of amides is 1. The van der Waals surface area contributed by atoms with Crippen molar-refractivity contribution in [2.24, 2.45) is 5.84 Å². The van der Waals surface area contributed by atoms with Crippen LogP contribution in [0.3, 0.4) is 0 Å². The largest absolute Gasteiger partial charge is 0.382 e. The summed E-state index contributed by atoms with van der Waals surface area (Å²) >= 11 is 0. The van der Waals surface area contributed by atoms with E-state index in [1.54, 1.807) is 19.2 Å². The lowest BCUT2D eigenvalue weighted by Crippen LogP contribution is -2.28. The Labute approximate surface area is 106 Å². The highest BCUT2D eigenvalue weighted by Crippen LogP contribution is 2.05. The molecule has 4 N–H and O–H groups in total. The number of nitrogens with two attached hydrogens (primary N) is 1. The first-order valence-electron chi connectivity index (χ1n) is 5.55. The summed E-state index contributed by atoms with van der Waals surface area (Å²) in [6.07, 6.45) is 1.51. The molecule has 100 valence electrons. The smallest absolute Gasteiger partial charge is 0.270 e. The molecule has 0 atom stereocenters. The molecule has 7 nitrogen and oxygen atoms in total. The standard InChI is InChI=1S/C11H18N4O3/c1-17-6-7-18-5-4-14-11(16)10-8-9(15-12)2-3-13-10/h2-3,8H,4-7,12H2,1H3,(H,13,15)(H,14,16). The number of nitrogens with zero attached hydrogens (tertiary/aromatic N) is 1. The number of anilines is 1. The van der Waals surface area contributed by atoms with Gasteiger partial charge in [0.05, 0.1) is 25.5 Å². The van der Waals surface area contributed by atoms with Gasteiger partial charge < -0.3 is 20.2 Å². The van der Waals surface area contributed by atoms with Gasteiger partial charge in [0.15, 0.2) is 0 Å². The maximum absolute atomic E-state index is 11.7. The molecule has 0 aromatic carbocycles.